The number of nitrogens with one attached hydrogen (secondary N) is 1. The van der Waals surface area contributed by atoms with Crippen LogP contribution in [0, 0.1) is 4.78 Å². The van der Waals surface area contributed by atoms with E-state index in [4.69, 9.17) is 4.78 Å². The third-order valence-electron chi connectivity index (χ3n) is 0.324. The van der Waals surface area contributed by atoms with Gasteiger partial charge in [-0.05, 0) is 4.78 Å². The number of hydrogen-bond acceptors (Lipinski definition) is 2. The Bertz CT molecular complexity index is 119. The lowest BCUT2D eigenvalue weighted by Crippen LogP contribution is -2.20. The highest BCUT2D eigenvalue weighted by Crippen LogP contribution is 2.14. The highest BCUT2D eigenvalue weighted by atomic mass is 32.1. The third-order valence-corrected chi connectivity index (χ3v) is 0.741. The van der Waals surface area contributed by atoms with Gasteiger partial charge in [-0.25, -0.2) is 4.79 Å². The Kier molecular flexibility index (Phi) is 2.02. The van der Waals surface area contributed by atoms with E-state index in [9.17, 15) is 18.0 Å². The van der Waals surface area contributed by atoms with Crippen molar-refractivity contribution in [3.05, 3.63) is 0 Å². The minimum absolute atomic E-state index is 0.582. The molecule has 0 radical (unpaired) electrons. The van der Waals surface area contributed by atoms with Crippen molar-refractivity contribution in [2.45, 2.75) is 6.18 Å². The number of rotatable bonds is 0. The molecule has 0 aliphatic rings. The molecule has 0 aliphatic heterocycles. The fraction of sp³-hybridized carbons (Fsp3) is 0.500. The molecule has 0 saturated heterocycles. The summed E-state index contributed by atoms with van der Waals surface area (Å²) in [5, 5.41) is -2.09. The van der Waals surface area contributed by atoms with Crippen LogP contribution in [0.2, 0.25) is 0 Å². The average molecular weight is 144 g/mol. The Morgan fingerprint density at radius 2 is 1.88 bits per heavy atom. The fourth-order valence-electron chi connectivity index (χ4n) is 0.0579. The Balaban J connectivity index is 4.02. The van der Waals surface area contributed by atoms with Gasteiger partial charge in [0.2, 0.25) is 0 Å². The summed E-state index contributed by atoms with van der Waals surface area (Å²) < 4.78 is 38.8. The summed E-state index contributed by atoms with van der Waals surface area (Å²) in [7, 11) is 0. The van der Waals surface area contributed by atoms with Crippen molar-refractivity contribution in [1.29, 1.82) is 4.78 Å². The van der Waals surface area contributed by atoms with Gasteiger partial charge in [0, 0.05) is 0 Å². The Hall–Kier alpha value is -0.520. The highest BCUT2D eigenvalue weighted by molar-refractivity contribution is 7.84. The Labute approximate surface area is 46.6 Å². The van der Waals surface area contributed by atoms with Gasteiger partial charge in [0.05, 0.1) is 0 Å². The molecule has 6 heteroatoms. The van der Waals surface area contributed by atoms with Crippen molar-refractivity contribution in [2.24, 2.45) is 0 Å². The predicted molar refractivity (Wildman–Crippen MR) is 21.1 cm³/mol. The number of halogens is 3. The molecule has 0 amide bonds. The van der Waals surface area contributed by atoms with Crippen LogP contribution in [-0.2, 0) is 16.4 Å². The van der Waals surface area contributed by atoms with E-state index in [2.05, 4.69) is 0 Å². The van der Waals surface area contributed by atoms with Crippen LogP contribution < -0.4 is 0 Å². The van der Waals surface area contributed by atoms with E-state index in [-0.39, 0.29) is 0 Å². The second kappa shape index (κ2) is 2.17. The first-order chi connectivity index (χ1) is 3.48. The second-order valence-corrected chi connectivity index (χ2v) is 1.46. The summed E-state index contributed by atoms with van der Waals surface area (Å²) in [5.41, 5.74) is 0. The van der Waals surface area contributed by atoms with E-state index in [1.54, 1.807) is 0 Å². The molecule has 2 nitrogen and oxygen atoms in total. The molecule has 0 heterocycles. The van der Waals surface area contributed by atoms with Crippen LogP contribution in [0.15, 0.2) is 0 Å². The molecule has 46 valence electrons. The van der Waals surface area contributed by atoms with Crippen LogP contribution in [-0.4, -0.2) is 11.3 Å². The van der Waals surface area contributed by atoms with Crippen molar-refractivity contribution < 1.29 is 18.0 Å². The standard InChI is InChI=1S/C2HF3NOS/c3-2(4,5)1(7)8-6/h6H/q+1. The third kappa shape index (κ3) is 1.97. The molecule has 0 fully saturated rings. The van der Waals surface area contributed by atoms with Crippen molar-refractivity contribution in [3.8, 4) is 0 Å². The van der Waals surface area contributed by atoms with Crippen molar-refractivity contribution in [2.75, 3.05) is 0 Å². The van der Waals surface area contributed by atoms with Gasteiger partial charge in [0.25, 0.3) is 0 Å². The van der Waals surface area contributed by atoms with Crippen LogP contribution in [0.25, 0.3) is 0 Å². The highest BCUT2D eigenvalue weighted by Gasteiger charge is 2.48. The summed E-state index contributed by atoms with van der Waals surface area (Å²) >= 11 is -0.582. The minimum Gasteiger partial charge on any atom is -0.212 e. The largest absolute Gasteiger partial charge is 0.537 e. The lowest BCUT2D eigenvalue weighted by Gasteiger charge is -1.86. The van der Waals surface area contributed by atoms with Gasteiger partial charge in [0.1, 0.15) is 0 Å². The van der Waals surface area contributed by atoms with Crippen LogP contribution in [0.3, 0.4) is 0 Å². The monoisotopic (exact) mass is 144 g/mol. The van der Waals surface area contributed by atoms with Gasteiger partial charge < -0.3 is 0 Å². The quantitative estimate of drug-likeness (QED) is 0.504. The van der Waals surface area contributed by atoms with Crippen molar-refractivity contribution in [3.63, 3.8) is 0 Å². The molecule has 0 atom stereocenters. The maximum atomic E-state index is 11.0. The maximum Gasteiger partial charge on any atom is 0.537 e. The van der Waals surface area contributed by atoms with E-state index < -0.39 is 22.8 Å². The van der Waals surface area contributed by atoms with E-state index in [0.29, 0.717) is 0 Å². The number of carbonyl (C=O) groups is 1. The van der Waals surface area contributed by atoms with Gasteiger partial charge >= 0.3 is 22.8 Å². The first-order valence-electron chi connectivity index (χ1n) is 1.43. The number of carbonyl (C=O) groups excluding carboxylic acids is 1. The van der Waals surface area contributed by atoms with Crippen LogP contribution >= 0.6 is 0 Å². The Morgan fingerprint density at radius 1 is 1.50 bits per heavy atom. The molecule has 8 heavy (non-hydrogen) atoms. The summed E-state index contributed by atoms with van der Waals surface area (Å²) in [6, 6.07) is 0. The zero-order chi connectivity index (χ0) is 6.78. The summed E-state index contributed by atoms with van der Waals surface area (Å²) in [4.78, 5) is 9.48. The first-order valence-corrected chi connectivity index (χ1v) is 2.25. The zero-order valence-electron chi connectivity index (χ0n) is 3.45. The fourth-order valence-corrected chi connectivity index (χ4v) is 0.174. The number of hydrogen-bond donors (Lipinski definition) is 1. The molecule has 0 unspecified atom stereocenters. The molecule has 0 aromatic rings. The summed E-state index contributed by atoms with van der Waals surface area (Å²) in [6.07, 6.45) is -4.85. The van der Waals surface area contributed by atoms with Gasteiger partial charge in [-0.3, -0.25) is 0 Å². The SMILES string of the molecule is N=[S+]C(=O)C(F)(F)F. The first kappa shape index (κ1) is 7.48. The van der Waals surface area contributed by atoms with Crippen LogP contribution in [0.4, 0.5) is 13.2 Å². The molecule has 0 aliphatic carbocycles. The second-order valence-electron chi connectivity index (χ2n) is 0.887. The van der Waals surface area contributed by atoms with Crippen LogP contribution in [0.1, 0.15) is 0 Å². The number of alkyl halides is 3. The maximum absolute atomic E-state index is 11.0. The lowest BCUT2D eigenvalue weighted by atomic mass is 10.8. The predicted octanol–water partition coefficient (Wildman–Crippen LogP) is 0.920. The van der Waals surface area contributed by atoms with Crippen LogP contribution in [0.5, 0.6) is 0 Å². The van der Waals surface area contributed by atoms with E-state index in [1.165, 1.54) is 0 Å². The van der Waals surface area contributed by atoms with Crippen molar-refractivity contribution in [1.82, 2.24) is 0 Å². The summed E-state index contributed by atoms with van der Waals surface area (Å²) in [5.74, 6) is 0. The van der Waals surface area contributed by atoms with Gasteiger partial charge in [-0.15, -0.1) is 0 Å². The van der Waals surface area contributed by atoms with E-state index in [1.807, 2.05) is 0 Å². The van der Waals surface area contributed by atoms with Gasteiger partial charge in [0.15, 0.2) is 0 Å². The molecule has 0 rings (SSSR count). The molecular formula is C2HF3NOS+. The minimum atomic E-state index is -4.85. The average Bonchev–Trinajstić information content (AvgIpc) is 1.62. The zero-order valence-corrected chi connectivity index (χ0v) is 4.27. The molecule has 0 aromatic heterocycles. The van der Waals surface area contributed by atoms with E-state index in [0.717, 1.165) is 0 Å². The normalized spacial score (nSPS) is 10.9. The molecule has 0 spiro atoms. The molecule has 1 N–H and O–H groups in total. The summed E-state index contributed by atoms with van der Waals surface area (Å²) in [6.45, 7) is 0. The lowest BCUT2D eigenvalue weighted by molar-refractivity contribution is -0.160. The topological polar surface area (TPSA) is 40.9 Å². The molecule has 0 aromatic carbocycles. The Morgan fingerprint density at radius 3 is 1.88 bits per heavy atom. The van der Waals surface area contributed by atoms with Gasteiger partial charge in [-0.2, -0.15) is 13.2 Å². The molecule has 0 saturated carbocycles. The van der Waals surface area contributed by atoms with Gasteiger partial charge in [-0.1, -0.05) is 0 Å². The van der Waals surface area contributed by atoms with Crippen molar-refractivity contribution >= 4 is 16.7 Å². The smallest absolute Gasteiger partial charge is 0.212 e. The molecule has 0 bridgehead atoms. The molecular weight excluding hydrogens is 143 g/mol. The van der Waals surface area contributed by atoms with E-state index >= 15 is 0 Å².